The molecule has 1 atom stereocenters. The molecule has 0 amide bonds. The number of rotatable bonds is 5. The lowest BCUT2D eigenvalue weighted by molar-refractivity contribution is 0.0698. The molecule has 2 N–H and O–H groups in total. The Balaban J connectivity index is 1.57. The highest BCUT2D eigenvalue weighted by Crippen LogP contribution is 2.34. The molecule has 172 valence electrons. The van der Waals surface area contributed by atoms with E-state index in [4.69, 9.17) is 4.42 Å². The average molecular weight is 458 g/mol. The number of carboxylic acid groups (broad SMARTS) is 1. The number of aryl methyl sites for hydroxylation is 1. The summed E-state index contributed by atoms with van der Waals surface area (Å²) in [4.78, 5) is 26.5. The standard InChI is InChI=1S/C27H23FN2O4/c1-15-10-19(16(2)29-23-9-4-3-7-18(23)27(32)33)26-20(11-15)24(31)12-25(34-26)30-13-17-6-5-8-22(28)21(17)14-30/h3-12,16,29H,13-14H2,1-2H3,(H,32,33). The van der Waals surface area contributed by atoms with Gasteiger partial charge in [0.2, 0.25) is 5.88 Å². The van der Waals surface area contributed by atoms with E-state index < -0.39 is 5.97 Å². The van der Waals surface area contributed by atoms with E-state index in [2.05, 4.69) is 5.32 Å². The Bertz CT molecular complexity index is 1490. The normalized spacial score (nSPS) is 13.7. The number of fused-ring (bicyclic) bond motifs is 2. The second-order valence-corrected chi connectivity index (χ2v) is 8.63. The van der Waals surface area contributed by atoms with Gasteiger partial charge in [0.1, 0.15) is 11.4 Å². The summed E-state index contributed by atoms with van der Waals surface area (Å²) in [5.41, 5.74) is 3.97. The Morgan fingerprint density at radius 2 is 1.91 bits per heavy atom. The number of hydrogen-bond acceptors (Lipinski definition) is 5. The number of nitrogens with one attached hydrogen (secondary N) is 1. The summed E-state index contributed by atoms with van der Waals surface area (Å²) in [6.07, 6.45) is 0. The van der Waals surface area contributed by atoms with Crippen molar-refractivity contribution in [2.45, 2.75) is 33.0 Å². The fourth-order valence-corrected chi connectivity index (χ4v) is 4.54. The van der Waals surface area contributed by atoms with E-state index in [-0.39, 0.29) is 22.9 Å². The topological polar surface area (TPSA) is 82.8 Å². The number of hydrogen-bond donors (Lipinski definition) is 2. The van der Waals surface area contributed by atoms with E-state index in [1.165, 1.54) is 18.2 Å². The summed E-state index contributed by atoms with van der Waals surface area (Å²) in [7, 11) is 0. The van der Waals surface area contributed by atoms with Crippen LogP contribution in [-0.4, -0.2) is 11.1 Å². The maximum Gasteiger partial charge on any atom is 0.337 e. The van der Waals surface area contributed by atoms with Crippen LogP contribution in [0.15, 0.2) is 69.9 Å². The summed E-state index contributed by atoms with van der Waals surface area (Å²) in [6, 6.07) is 16.5. The first-order valence-corrected chi connectivity index (χ1v) is 11.0. The van der Waals surface area contributed by atoms with Crippen molar-refractivity contribution in [2.75, 3.05) is 10.2 Å². The van der Waals surface area contributed by atoms with Gasteiger partial charge in [0.15, 0.2) is 5.43 Å². The van der Waals surface area contributed by atoms with Crippen LogP contribution in [0, 0.1) is 12.7 Å². The zero-order chi connectivity index (χ0) is 24.0. The van der Waals surface area contributed by atoms with Crippen LogP contribution < -0.4 is 15.6 Å². The van der Waals surface area contributed by atoms with Gasteiger partial charge in [-0.15, -0.1) is 0 Å². The molecule has 0 saturated heterocycles. The molecule has 2 heterocycles. The van der Waals surface area contributed by atoms with E-state index in [0.717, 1.165) is 16.7 Å². The number of anilines is 2. The maximum absolute atomic E-state index is 14.3. The fraction of sp³-hybridized carbons (Fsp3) is 0.185. The van der Waals surface area contributed by atoms with Gasteiger partial charge in [0.05, 0.1) is 17.0 Å². The van der Waals surface area contributed by atoms with Crippen molar-refractivity contribution in [1.82, 2.24) is 0 Å². The monoisotopic (exact) mass is 458 g/mol. The number of aromatic carboxylic acids is 1. The first-order chi connectivity index (χ1) is 16.3. The van der Waals surface area contributed by atoms with E-state index in [1.807, 2.05) is 30.9 Å². The molecule has 1 unspecified atom stereocenters. The van der Waals surface area contributed by atoms with Gasteiger partial charge in [0.25, 0.3) is 0 Å². The van der Waals surface area contributed by atoms with Gasteiger partial charge in [-0.3, -0.25) is 4.79 Å². The largest absolute Gasteiger partial charge is 0.478 e. The molecular weight excluding hydrogens is 435 g/mol. The van der Waals surface area contributed by atoms with Crippen molar-refractivity contribution in [3.63, 3.8) is 0 Å². The number of carbonyl (C=O) groups is 1. The predicted molar refractivity (Wildman–Crippen MR) is 129 cm³/mol. The minimum Gasteiger partial charge on any atom is -0.478 e. The SMILES string of the molecule is Cc1cc(C(C)Nc2ccccc2C(=O)O)c2oc(N3Cc4cccc(F)c4C3)cc(=O)c2c1. The molecule has 0 aliphatic carbocycles. The van der Waals surface area contributed by atoms with Crippen LogP contribution in [0.3, 0.4) is 0 Å². The third-order valence-corrected chi connectivity index (χ3v) is 6.22. The molecule has 7 heteroatoms. The number of nitrogens with zero attached hydrogens (tertiary/aromatic N) is 1. The van der Waals surface area contributed by atoms with Crippen LogP contribution in [0.4, 0.5) is 16.0 Å². The molecule has 0 saturated carbocycles. The molecule has 0 radical (unpaired) electrons. The lowest BCUT2D eigenvalue weighted by atomic mass is 10.0. The second kappa shape index (κ2) is 8.33. The van der Waals surface area contributed by atoms with Crippen LogP contribution in [0.2, 0.25) is 0 Å². The Morgan fingerprint density at radius 3 is 2.68 bits per heavy atom. The second-order valence-electron chi connectivity index (χ2n) is 8.63. The van der Waals surface area contributed by atoms with Gasteiger partial charge in [-0.1, -0.05) is 30.3 Å². The number of para-hydroxylation sites is 1. The zero-order valence-electron chi connectivity index (χ0n) is 18.8. The van der Waals surface area contributed by atoms with Crippen LogP contribution in [0.1, 0.15) is 45.6 Å². The van der Waals surface area contributed by atoms with Gasteiger partial charge in [-0.2, -0.15) is 0 Å². The molecule has 1 aromatic heterocycles. The summed E-state index contributed by atoms with van der Waals surface area (Å²) in [5, 5.41) is 13.2. The number of halogens is 1. The molecule has 3 aromatic carbocycles. The molecule has 0 spiro atoms. The van der Waals surface area contributed by atoms with Crippen LogP contribution in [0.5, 0.6) is 0 Å². The van der Waals surface area contributed by atoms with E-state index in [1.54, 1.807) is 30.3 Å². The Kier molecular flexibility index (Phi) is 5.32. The van der Waals surface area contributed by atoms with Gasteiger partial charge in [-0.25, -0.2) is 9.18 Å². The van der Waals surface area contributed by atoms with Crippen molar-refractivity contribution in [1.29, 1.82) is 0 Å². The highest BCUT2D eigenvalue weighted by atomic mass is 19.1. The number of benzene rings is 3. The summed E-state index contributed by atoms with van der Waals surface area (Å²) in [5.74, 6) is -0.926. The van der Waals surface area contributed by atoms with Crippen molar-refractivity contribution >= 4 is 28.5 Å². The molecular formula is C27H23FN2O4. The summed E-state index contributed by atoms with van der Waals surface area (Å²) < 4.78 is 20.5. The molecule has 0 bridgehead atoms. The summed E-state index contributed by atoms with van der Waals surface area (Å²) >= 11 is 0. The molecule has 1 aliphatic rings. The fourth-order valence-electron chi connectivity index (χ4n) is 4.54. The Labute approximate surface area is 195 Å². The quantitative estimate of drug-likeness (QED) is 0.403. The van der Waals surface area contributed by atoms with E-state index in [0.29, 0.717) is 41.2 Å². The molecule has 6 nitrogen and oxygen atoms in total. The third-order valence-electron chi connectivity index (χ3n) is 6.22. The van der Waals surface area contributed by atoms with Crippen molar-refractivity contribution in [3.05, 3.63) is 105 Å². The smallest absolute Gasteiger partial charge is 0.337 e. The molecule has 34 heavy (non-hydrogen) atoms. The van der Waals surface area contributed by atoms with Gasteiger partial charge >= 0.3 is 5.97 Å². The molecule has 4 aromatic rings. The molecule has 1 aliphatic heterocycles. The summed E-state index contributed by atoms with van der Waals surface area (Å²) in [6.45, 7) is 4.55. The first-order valence-electron chi connectivity index (χ1n) is 11.0. The molecule has 5 rings (SSSR count). The lowest BCUT2D eigenvalue weighted by Crippen LogP contribution is -2.18. The minimum atomic E-state index is -1.03. The highest BCUT2D eigenvalue weighted by molar-refractivity contribution is 5.94. The van der Waals surface area contributed by atoms with Gasteiger partial charge in [0, 0.05) is 36.0 Å². The van der Waals surface area contributed by atoms with E-state index in [9.17, 15) is 19.1 Å². The zero-order valence-corrected chi connectivity index (χ0v) is 18.8. The predicted octanol–water partition coefficient (Wildman–Crippen LogP) is 5.63. The van der Waals surface area contributed by atoms with Gasteiger partial charge < -0.3 is 19.7 Å². The van der Waals surface area contributed by atoms with Gasteiger partial charge in [-0.05, 0) is 49.2 Å². The van der Waals surface area contributed by atoms with Crippen molar-refractivity contribution < 1.29 is 18.7 Å². The lowest BCUT2D eigenvalue weighted by Gasteiger charge is -2.21. The minimum absolute atomic E-state index is 0.158. The van der Waals surface area contributed by atoms with Crippen molar-refractivity contribution in [3.8, 4) is 0 Å². The Morgan fingerprint density at radius 1 is 1.12 bits per heavy atom. The average Bonchev–Trinajstić information content (AvgIpc) is 3.25. The first kappa shape index (κ1) is 21.7. The highest BCUT2D eigenvalue weighted by Gasteiger charge is 2.25. The van der Waals surface area contributed by atoms with E-state index >= 15 is 0 Å². The maximum atomic E-state index is 14.3. The Hall–Kier alpha value is -4.13. The molecule has 0 fully saturated rings. The van der Waals surface area contributed by atoms with Crippen LogP contribution in [-0.2, 0) is 13.1 Å². The third kappa shape index (κ3) is 3.79. The number of carboxylic acids is 1. The van der Waals surface area contributed by atoms with Crippen LogP contribution in [0.25, 0.3) is 11.0 Å². The van der Waals surface area contributed by atoms with Crippen LogP contribution >= 0.6 is 0 Å². The van der Waals surface area contributed by atoms with Crippen molar-refractivity contribution in [2.24, 2.45) is 0 Å².